The lowest BCUT2D eigenvalue weighted by atomic mass is 10.1. The fraction of sp³-hybridized carbons (Fsp3) is 0.500. The van der Waals surface area contributed by atoms with E-state index in [0.29, 0.717) is 6.04 Å². The second kappa shape index (κ2) is 3.96. The number of para-hydroxylation sites is 2. The number of nitrogens with two attached hydrogens (primary N) is 1. The van der Waals surface area contributed by atoms with Crippen LogP contribution in [-0.4, -0.2) is 31.9 Å². The average Bonchev–Trinajstić information content (AvgIpc) is 2.49. The van der Waals surface area contributed by atoms with E-state index >= 15 is 0 Å². The summed E-state index contributed by atoms with van der Waals surface area (Å²) in [6.07, 6.45) is 1.07. The summed E-state index contributed by atoms with van der Waals surface area (Å²) in [4.78, 5) is 2.30. The Kier molecular flexibility index (Phi) is 2.46. The van der Waals surface area contributed by atoms with Crippen molar-refractivity contribution in [1.29, 1.82) is 0 Å². The van der Waals surface area contributed by atoms with Gasteiger partial charge in [0.15, 0.2) is 0 Å². The summed E-state index contributed by atoms with van der Waals surface area (Å²) in [6.45, 7) is 2.60. The molecule has 1 unspecified atom stereocenters. The van der Waals surface area contributed by atoms with Crippen LogP contribution < -0.4 is 20.7 Å². The Hall–Kier alpha value is -1.26. The van der Waals surface area contributed by atoms with Gasteiger partial charge in [-0.3, -0.25) is 0 Å². The molecule has 0 bridgehead atoms. The number of hydrogen-bond donors (Lipinski definition) is 2. The van der Waals surface area contributed by atoms with E-state index in [1.165, 1.54) is 0 Å². The quantitative estimate of drug-likeness (QED) is 0.668. The SMILES string of the molecule is NC1CNC[C@@H]2CCOc3ccccc3N12. The monoisotopic (exact) mass is 219 g/mol. The highest BCUT2D eigenvalue weighted by Gasteiger charge is 2.31. The first-order valence-corrected chi connectivity index (χ1v) is 5.83. The van der Waals surface area contributed by atoms with Crippen LogP contribution in [0.3, 0.4) is 0 Å². The van der Waals surface area contributed by atoms with Crippen LogP contribution in [0.15, 0.2) is 24.3 Å². The zero-order chi connectivity index (χ0) is 11.0. The first-order chi connectivity index (χ1) is 7.86. The number of nitrogens with zero attached hydrogens (tertiary/aromatic N) is 1. The number of anilines is 1. The molecule has 0 aliphatic carbocycles. The zero-order valence-electron chi connectivity index (χ0n) is 9.23. The minimum atomic E-state index is 0.0431. The summed E-state index contributed by atoms with van der Waals surface area (Å²) in [5, 5.41) is 3.37. The predicted octanol–water partition coefficient (Wildman–Crippen LogP) is 0.532. The van der Waals surface area contributed by atoms with Gasteiger partial charge < -0.3 is 20.7 Å². The summed E-state index contributed by atoms with van der Waals surface area (Å²) < 4.78 is 5.76. The lowest BCUT2D eigenvalue weighted by Gasteiger charge is -2.41. The molecule has 2 aliphatic heterocycles. The third-order valence-corrected chi connectivity index (χ3v) is 3.34. The molecule has 4 nitrogen and oxygen atoms in total. The van der Waals surface area contributed by atoms with Crippen molar-refractivity contribution >= 4 is 5.69 Å². The highest BCUT2D eigenvalue weighted by atomic mass is 16.5. The van der Waals surface area contributed by atoms with E-state index in [4.69, 9.17) is 10.5 Å². The van der Waals surface area contributed by atoms with Crippen LogP contribution in [0.2, 0.25) is 0 Å². The molecule has 0 spiro atoms. The Balaban J connectivity index is 2.03. The Morgan fingerprint density at radius 3 is 3.12 bits per heavy atom. The van der Waals surface area contributed by atoms with Crippen molar-refractivity contribution in [2.45, 2.75) is 18.6 Å². The topological polar surface area (TPSA) is 50.5 Å². The maximum atomic E-state index is 6.18. The van der Waals surface area contributed by atoms with Crippen molar-refractivity contribution in [1.82, 2.24) is 5.32 Å². The molecule has 0 amide bonds. The fourth-order valence-corrected chi connectivity index (χ4v) is 2.58. The molecule has 0 radical (unpaired) electrons. The normalized spacial score (nSPS) is 28.7. The predicted molar refractivity (Wildman–Crippen MR) is 63.7 cm³/mol. The van der Waals surface area contributed by atoms with Gasteiger partial charge in [-0.15, -0.1) is 0 Å². The molecule has 16 heavy (non-hydrogen) atoms. The maximum absolute atomic E-state index is 6.18. The molecular formula is C12H17N3O. The van der Waals surface area contributed by atoms with Crippen LogP contribution in [0, 0.1) is 0 Å². The van der Waals surface area contributed by atoms with Gasteiger partial charge in [0, 0.05) is 25.6 Å². The lowest BCUT2D eigenvalue weighted by molar-refractivity contribution is 0.297. The van der Waals surface area contributed by atoms with Gasteiger partial charge in [-0.1, -0.05) is 12.1 Å². The van der Waals surface area contributed by atoms with Gasteiger partial charge in [-0.2, -0.15) is 0 Å². The van der Waals surface area contributed by atoms with Gasteiger partial charge in [0.25, 0.3) is 0 Å². The largest absolute Gasteiger partial charge is 0.491 e. The van der Waals surface area contributed by atoms with E-state index in [1.54, 1.807) is 0 Å². The number of ether oxygens (including phenoxy) is 1. The lowest BCUT2D eigenvalue weighted by Crippen LogP contribution is -2.61. The van der Waals surface area contributed by atoms with E-state index in [9.17, 15) is 0 Å². The van der Waals surface area contributed by atoms with Crippen LogP contribution in [-0.2, 0) is 0 Å². The van der Waals surface area contributed by atoms with Crippen molar-refractivity contribution in [3.8, 4) is 5.75 Å². The molecule has 2 atom stereocenters. The standard InChI is InChI=1S/C12H17N3O/c13-12-8-14-7-9-5-6-16-11-4-2-1-3-10(11)15(9)12/h1-4,9,12,14H,5-8,13H2/t9-,12?/m0/s1. The molecule has 0 saturated carbocycles. The Bertz CT molecular complexity index is 382. The number of rotatable bonds is 0. The summed E-state index contributed by atoms with van der Waals surface area (Å²) >= 11 is 0. The number of hydrogen-bond acceptors (Lipinski definition) is 4. The van der Waals surface area contributed by atoms with E-state index in [0.717, 1.165) is 37.6 Å². The summed E-state index contributed by atoms with van der Waals surface area (Å²) in [7, 11) is 0. The zero-order valence-corrected chi connectivity index (χ0v) is 9.23. The Morgan fingerprint density at radius 2 is 2.19 bits per heavy atom. The van der Waals surface area contributed by atoms with Gasteiger partial charge in [0.1, 0.15) is 5.75 Å². The maximum Gasteiger partial charge on any atom is 0.142 e. The summed E-state index contributed by atoms with van der Waals surface area (Å²) in [6, 6.07) is 8.62. The number of piperazine rings is 1. The fourth-order valence-electron chi connectivity index (χ4n) is 2.58. The van der Waals surface area contributed by atoms with Gasteiger partial charge in [0.05, 0.1) is 18.5 Å². The average molecular weight is 219 g/mol. The third-order valence-electron chi connectivity index (χ3n) is 3.34. The minimum absolute atomic E-state index is 0.0431. The molecule has 2 heterocycles. The molecule has 86 valence electrons. The van der Waals surface area contributed by atoms with Crippen molar-refractivity contribution in [3.05, 3.63) is 24.3 Å². The second-order valence-corrected chi connectivity index (χ2v) is 4.39. The smallest absolute Gasteiger partial charge is 0.142 e. The van der Waals surface area contributed by atoms with Crippen LogP contribution in [0.25, 0.3) is 0 Å². The summed E-state index contributed by atoms with van der Waals surface area (Å²) in [5.74, 6) is 0.961. The van der Waals surface area contributed by atoms with Crippen LogP contribution >= 0.6 is 0 Å². The van der Waals surface area contributed by atoms with E-state index in [1.807, 2.05) is 18.2 Å². The van der Waals surface area contributed by atoms with E-state index in [2.05, 4.69) is 16.3 Å². The first kappa shape index (κ1) is 9.93. The van der Waals surface area contributed by atoms with Crippen LogP contribution in [0.5, 0.6) is 5.75 Å². The number of benzene rings is 1. The third kappa shape index (κ3) is 1.54. The van der Waals surface area contributed by atoms with Crippen molar-refractivity contribution < 1.29 is 4.74 Å². The van der Waals surface area contributed by atoms with Gasteiger partial charge in [-0.05, 0) is 12.1 Å². The highest BCUT2D eigenvalue weighted by Crippen LogP contribution is 2.34. The van der Waals surface area contributed by atoms with Gasteiger partial charge >= 0.3 is 0 Å². The van der Waals surface area contributed by atoms with Gasteiger partial charge in [0.2, 0.25) is 0 Å². The molecule has 1 fully saturated rings. The minimum Gasteiger partial charge on any atom is -0.491 e. The molecule has 0 aromatic heterocycles. The van der Waals surface area contributed by atoms with Crippen molar-refractivity contribution in [2.24, 2.45) is 5.73 Å². The molecule has 4 heteroatoms. The van der Waals surface area contributed by atoms with Crippen LogP contribution in [0.1, 0.15) is 6.42 Å². The molecule has 3 N–H and O–H groups in total. The second-order valence-electron chi connectivity index (χ2n) is 4.39. The first-order valence-electron chi connectivity index (χ1n) is 5.83. The molecule has 1 aromatic rings. The molecule has 2 aliphatic rings. The number of fused-ring (bicyclic) bond motifs is 3. The van der Waals surface area contributed by atoms with E-state index < -0.39 is 0 Å². The van der Waals surface area contributed by atoms with Gasteiger partial charge in [-0.25, -0.2) is 0 Å². The summed E-state index contributed by atoms with van der Waals surface area (Å²) in [5.41, 5.74) is 7.32. The van der Waals surface area contributed by atoms with Crippen LogP contribution in [0.4, 0.5) is 5.69 Å². The number of nitrogens with one attached hydrogen (secondary N) is 1. The molecular weight excluding hydrogens is 202 g/mol. The van der Waals surface area contributed by atoms with Crippen molar-refractivity contribution in [3.63, 3.8) is 0 Å². The van der Waals surface area contributed by atoms with E-state index in [-0.39, 0.29) is 6.17 Å². The van der Waals surface area contributed by atoms with Crippen molar-refractivity contribution in [2.75, 3.05) is 24.6 Å². The highest BCUT2D eigenvalue weighted by molar-refractivity contribution is 5.60. The Morgan fingerprint density at radius 1 is 1.31 bits per heavy atom. The molecule has 3 rings (SSSR count). The molecule has 1 saturated heterocycles. The Labute approximate surface area is 95.4 Å². The molecule has 1 aromatic carbocycles.